The molecule has 0 aliphatic heterocycles. The number of nitrogens with one attached hydrogen (secondary N) is 2. The van der Waals surface area contributed by atoms with Gasteiger partial charge >= 0.3 is 0 Å². The predicted molar refractivity (Wildman–Crippen MR) is 46.3 cm³/mol. The van der Waals surface area contributed by atoms with Crippen LogP contribution in [0.15, 0.2) is 29.2 Å². The fourth-order valence-electron chi connectivity index (χ4n) is 0.979. The van der Waals surface area contributed by atoms with Crippen molar-refractivity contribution in [1.82, 2.24) is 20.4 Å². The molecule has 2 heterocycles. The summed E-state index contributed by atoms with van der Waals surface area (Å²) in [5, 5.41) is 6.13. The summed E-state index contributed by atoms with van der Waals surface area (Å²) in [6, 6.07) is 1.50. The topological polar surface area (TPSA) is 83.8 Å². The van der Waals surface area contributed by atoms with Crippen LogP contribution < -0.4 is 5.32 Å². The van der Waals surface area contributed by atoms with Gasteiger partial charge in [0, 0.05) is 18.5 Å². The average Bonchev–Trinajstić information content (AvgIpc) is 2.87. The maximum absolute atomic E-state index is 11.3. The van der Waals surface area contributed by atoms with Crippen LogP contribution in [-0.2, 0) is 6.54 Å². The third-order valence-electron chi connectivity index (χ3n) is 1.64. The van der Waals surface area contributed by atoms with Crippen LogP contribution in [0.3, 0.4) is 0 Å². The molecular formula is C8H8N4O2. The number of amides is 1. The van der Waals surface area contributed by atoms with Crippen molar-refractivity contribution < 1.29 is 9.32 Å². The minimum atomic E-state index is -0.282. The molecule has 0 bridgehead atoms. The fourth-order valence-corrected chi connectivity index (χ4v) is 0.979. The van der Waals surface area contributed by atoms with E-state index >= 15 is 0 Å². The molecular weight excluding hydrogens is 184 g/mol. The summed E-state index contributed by atoms with van der Waals surface area (Å²) < 4.78 is 4.54. The van der Waals surface area contributed by atoms with Crippen molar-refractivity contribution in [2.75, 3.05) is 0 Å². The number of carbonyl (C=O) groups excluding carboxylic acids is 1. The zero-order valence-corrected chi connectivity index (χ0v) is 7.23. The molecule has 2 N–H and O–H groups in total. The SMILES string of the molecule is O=C(NCc1ncc[nH]1)c1ccon1. The van der Waals surface area contributed by atoms with Crippen LogP contribution in [0.1, 0.15) is 16.3 Å². The number of carbonyl (C=O) groups is 1. The van der Waals surface area contributed by atoms with Crippen molar-refractivity contribution in [3.63, 3.8) is 0 Å². The molecule has 0 spiro atoms. The standard InChI is InChI=1S/C8H8N4O2/c13-8(6-1-4-14-12-6)11-5-7-9-2-3-10-7/h1-4H,5H2,(H,9,10)(H,11,13). The van der Waals surface area contributed by atoms with E-state index in [0.717, 1.165) is 0 Å². The van der Waals surface area contributed by atoms with Crippen LogP contribution in [0.5, 0.6) is 0 Å². The number of nitrogens with zero attached hydrogens (tertiary/aromatic N) is 2. The Morgan fingerprint density at radius 3 is 3.21 bits per heavy atom. The predicted octanol–water partition coefficient (Wildman–Crippen LogP) is 0.328. The minimum absolute atomic E-state index is 0.261. The van der Waals surface area contributed by atoms with Gasteiger partial charge in [-0.2, -0.15) is 0 Å². The van der Waals surface area contributed by atoms with Crippen molar-refractivity contribution >= 4 is 5.91 Å². The summed E-state index contributed by atoms with van der Waals surface area (Å²) in [6.45, 7) is 0.346. The molecule has 2 aromatic heterocycles. The third kappa shape index (κ3) is 1.79. The van der Waals surface area contributed by atoms with E-state index in [1.165, 1.54) is 12.3 Å². The molecule has 0 atom stereocenters. The number of H-pyrrole nitrogens is 1. The Balaban J connectivity index is 1.90. The van der Waals surface area contributed by atoms with Gasteiger partial charge in [-0.25, -0.2) is 4.98 Å². The van der Waals surface area contributed by atoms with E-state index in [9.17, 15) is 4.79 Å². The average molecular weight is 192 g/mol. The van der Waals surface area contributed by atoms with E-state index < -0.39 is 0 Å². The molecule has 0 saturated heterocycles. The first-order valence-electron chi connectivity index (χ1n) is 4.03. The number of aromatic nitrogens is 3. The highest BCUT2D eigenvalue weighted by Crippen LogP contribution is 1.94. The molecule has 0 saturated carbocycles. The van der Waals surface area contributed by atoms with Gasteiger partial charge in [-0.3, -0.25) is 4.79 Å². The molecule has 0 unspecified atom stereocenters. The number of hydrogen-bond donors (Lipinski definition) is 2. The highest BCUT2D eigenvalue weighted by atomic mass is 16.5. The van der Waals surface area contributed by atoms with Gasteiger partial charge in [0.1, 0.15) is 12.1 Å². The Bertz CT molecular complexity index is 393. The van der Waals surface area contributed by atoms with Crippen molar-refractivity contribution in [2.24, 2.45) is 0 Å². The van der Waals surface area contributed by atoms with E-state index in [1.807, 2.05) is 0 Å². The van der Waals surface area contributed by atoms with Crippen LogP contribution in [0.25, 0.3) is 0 Å². The smallest absolute Gasteiger partial charge is 0.273 e. The molecule has 2 aromatic rings. The Kier molecular flexibility index (Phi) is 2.26. The van der Waals surface area contributed by atoms with Crippen molar-refractivity contribution in [2.45, 2.75) is 6.54 Å². The second-order valence-electron chi connectivity index (χ2n) is 2.60. The summed E-state index contributed by atoms with van der Waals surface area (Å²) in [6.07, 6.45) is 4.66. The molecule has 0 aliphatic carbocycles. The summed E-state index contributed by atoms with van der Waals surface area (Å²) in [5.41, 5.74) is 0.261. The molecule has 0 aliphatic rings. The van der Waals surface area contributed by atoms with Gasteiger partial charge in [-0.1, -0.05) is 5.16 Å². The van der Waals surface area contributed by atoms with Crippen LogP contribution in [0, 0.1) is 0 Å². The van der Waals surface area contributed by atoms with Crippen LogP contribution in [-0.4, -0.2) is 21.0 Å². The number of aromatic amines is 1. The molecule has 14 heavy (non-hydrogen) atoms. The summed E-state index contributed by atoms with van der Waals surface area (Å²) in [7, 11) is 0. The van der Waals surface area contributed by atoms with Gasteiger partial charge in [0.25, 0.3) is 5.91 Å². The van der Waals surface area contributed by atoms with Gasteiger partial charge in [0.15, 0.2) is 5.69 Å². The van der Waals surface area contributed by atoms with Gasteiger partial charge < -0.3 is 14.8 Å². The number of imidazole rings is 1. The second kappa shape index (κ2) is 3.73. The van der Waals surface area contributed by atoms with Crippen LogP contribution in [0.2, 0.25) is 0 Å². The van der Waals surface area contributed by atoms with Gasteiger partial charge in [0.2, 0.25) is 0 Å². The monoisotopic (exact) mass is 192 g/mol. The molecule has 0 fully saturated rings. The van der Waals surface area contributed by atoms with E-state index in [0.29, 0.717) is 12.4 Å². The Hall–Kier alpha value is -2.11. The second-order valence-corrected chi connectivity index (χ2v) is 2.60. The zero-order chi connectivity index (χ0) is 9.80. The summed E-state index contributed by atoms with van der Waals surface area (Å²) in [5.74, 6) is 0.414. The van der Waals surface area contributed by atoms with Crippen LogP contribution >= 0.6 is 0 Å². The normalized spacial score (nSPS) is 10.0. The van der Waals surface area contributed by atoms with Gasteiger partial charge in [-0.15, -0.1) is 0 Å². The van der Waals surface area contributed by atoms with E-state index in [1.54, 1.807) is 12.4 Å². The third-order valence-corrected chi connectivity index (χ3v) is 1.64. The zero-order valence-electron chi connectivity index (χ0n) is 7.23. The quantitative estimate of drug-likeness (QED) is 0.733. The van der Waals surface area contributed by atoms with E-state index in [4.69, 9.17) is 0 Å². The van der Waals surface area contributed by atoms with Crippen LogP contribution in [0.4, 0.5) is 0 Å². The van der Waals surface area contributed by atoms with E-state index in [2.05, 4.69) is 25.0 Å². The maximum atomic E-state index is 11.3. The lowest BCUT2D eigenvalue weighted by Gasteiger charge is -1.98. The number of rotatable bonds is 3. The lowest BCUT2D eigenvalue weighted by Crippen LogP contribution is -2.23. The largest absolute Gasteiger partial charge is 0.364 e. The fraction of sp³-hybridized carbons (Fsp3) is 0.125. The van der Waals surface area contributed by atoms with E-state index in [-0.39, 0.29) is 11.6 Å². The molecule has 6 heteroatoms. The summed E-state index contributed by atoms with van der Waals surface area (Å²) >= 11 is 0. The Morgan fingerprint density at radius 2 is 2.57 bits per heavy atom. The highest BCUT2D eigenvalue weighted by molar-refractivity contribution is 5.91. The molecule has 2 rings (SSSR count). The van der Waals surface area contributed by atoms with Gasteiger partial charge in [0.05, 0.1) is 6.54 Å². The molecule has 1 amide bonds. The Morgan fingerprint density at radius 1 is 1.64 bits per heavy atom. The highest BCUT2D eigenvalue weighted by Gasteiger charge is 2.08. The molecule has 72 valence electrons. The molecule has 0 aromatic carbocycles. The first-order valence-corrected chi connectivity index (χ1v) is 4.03. The molecule has 6 nitrogen and oxygen atoms in total. The van der Waals surface area contributed by atoms with Crippen molar-refractivity contribution in [1.29, 1.82) is 0 Å². The first-order chi connectivity index (χ1) is 6.86. The first kappa shape index (κ1) is 8.49. The van der Waals surface area contributed by atoms with Crippen molar-refractivity contribution in [3.8, 4) is 0 Å². The van der Waals surface area contributed by atoms with Gasteiger partial charge in [-0.05, 0) is 0 Å². The number of hydrogen-bond acceptors (Lipinski definition) is 4. The lowest BCUT2D eigenvalue weighted by molar-refractivity contribution is 0.0941. The minimum Gasteiger partial charge on any atom is -0.364 e. The van der Waals surface area contributed by atoms with Crippen molar-refractivity contribution in [3.05, 3.63) is 36.2 Å². The summed E-state index contributed by atoms with van der Waals surface area (Å²) in [4.78, 5) is 18.1. The lowest BCUT2D eigenvalue weighted by atomic mass is 10.4. The maximum Gasteiger partial charge on any atom is 0.273 e. The molecule has 0 radical (unpaired) electrons. The Labute approximate surface area is 79.3 Å².